The number of benzene rings is 2. The summed E-state index contributed by atoms with van der Waals surface area (Å²) in [5.41, 5.74) is 1.85. The van der Waals surface area contributed by atoms with Crippen LogP contribution in [0.15, 0.2) is 42.5 Å². The molecule has 0 saturated carbocycles. The summed E-state index contributed by atoms with van der Waals surface area (Å²) in [5.74, 6) is 0. The van der Waals surface area contributed by atoms with E-state index in [1.807, 2.05) is 42.5 Å². The minimum absolute atomic E-state index is 0.0696. The third-order valence-corrected chi connectivity index (χ3v) is 5.04. The second-order valence-corrected chi connectivity index (χ2v) is 7.08. The Hall–Kier alpha value is -1.62. The molecule has 0 unspecified atom stereocenters. The predicted molar refractivity (Wildman–Crippen MR) is 104 cm³/mol. The van der Waals surface area contributed by atoms with E-state index in [4.69, 9.17) is 34.8 Å². The number of carbonyl (C=O) groups is 1. The molecule has 0 atom stereocenters. The molecule has 132 valence electrons. The third-order valence-electron chi connectivity index (χ3n) is 4.18. The number of amides is 2. The number of nitrogens with one attached hydrogen (secondary N) is 1. The fourth-order valence-electron chi connectivity index (χ4n) is 2.82. The van der Waals surface area contributed by atoms with Crippen LogP contribution in [0.5, 0.6) is 0 Å². The summed E-state index contributed by atoms with van der Waals surface area (Å²) in [6.07, 6.45) is 0. The Labute approximate surface area is 162 Å². The number of rotatable bonds is 3. The second-order valence-electron chi connectivity index (χ2n) is 5.83. The summed E-state index contributed by atoms with van der Waals surface area (Å²) in [7, 11) is 0. The molecule has 0 spiro atoms. The van der Waals surface area contributed by atoms with Crippen LogP contribution in [0.25, 0.3) is 0 Å². The van der Waals surface area contributed by atoms with E-state index in [0.29, 0.717) is 47.8 Å². The van der Waals surface area contributed by atoms with Crippen molar-refractivity contribution in [3.63, 3.8) is 0 Å². The van der Waals surface area contributed by atoms with Crippen molar-refractivity contribution in [3.8, 4) is 0 Å². The first kappa shape index (κ1) is 18.2. The summed E-state index contributed by atoms with van der Waals surface area (Å²) < 4.78 is 0. The number of nitrogens with zero attached hydrogens (tertiary/aromatic N) is 2. The quantitative estimate of drug-likeness (QED) is 0.815. The van der Waals surface area contributed by atoms with E-state index in [2.05, 4.69) is 10.2 Å². The minimum atomic E-state index is -0.0696. The number of piperazine rings is 1. The van der Waals surface area contributed by atoms with Gasteiger partial charge in [0.05, 0.1) is 15.7 Å². The largest absolute Gasteiger partial charge is 0.366 e. The fraction of sp³-hybridized carbons (Fsp3) is 0.278. The maximum Gasteiger partial charge on any atom is 0.317 e. The average molecular weight is 399 g/mol. The molecule has 7 heteroatoms. The fourth-order valence-corrected chi connectivity index (χ4v) is 3.58. The van der Waals surface area contributed by atoms with Gasteiger partial charge in [0.1, 0.15) is 0 Å². The van der Waals surface area contributed by atoms with Gasteiger partial charge in [0, 0.05) is 37.7 Å². The van der Waals surface area contributed by atoms with Crippen LogP contribution in [0.3, 0.4) is 0 Å². The highest BCUT2D eigenvalue weighted by molar-refractivity contribution is 6.39. The lowest BCUT2D eigenvalue weighted by molar-refractivity contribution is 0.194. The van der Waals surface area contributed by atoms with Crippen LogP contribution in [-0.4, -0.2) is 37.1 Å². The van der Waals surface area contributed by atoms with Gasteiger partial charge >= 0.3 is 6.03 Å². The lowest BCUT2D eigenvalue weighted by Crippen LogP contribution is -2.51. The van der Waals surface area contributed by atoms with Gasteiger partial charge < -0.3 is 15.1 Å². The van der Waals surface area contributed by atoms with Gasteiger partial charge in [0.2, 0.25) is 0 Å². The number of hydrogen-bond acceptors (Lipinski definition) is 2. The molecule has 2 amide bonds. The van der Waals surface area contributed by atoms with Crippen molar-refractivity contribution in [2.75, 3.05) is 31.1 Å². The number of hydrogen-bond donors (Lipinski definition) is 1. The van der Waals surface area contributed by atoms with Gasteiger partial charge in [-0.3, -0.25) is 0 Å². The van der Waals surface area contributed by atoms with Crippen LogP contribution in [0.1, 0.15) is 5.56 Å². The molecule has 1 saturated heterocycles. The van der Waals surface area contributed by atoms with E-state index in [1.54, 1.807) is 4.90 Å². The number of para-hydroxylation sites is 1. The van der Waals surface area contributed by atoms with Crippen molar-refractivity contribution >= 4 is 46.5 Å². The first-order valence-corrected chi connectivity index (χ1v) is 9.14. The monoisotopic (exact) mass is 397 g/mol. The Morgan fingerprint density at radius 1 is 0.920 bits per heavy atom. The van der Waals surface area contributed by atoms with Gasteiger partial charge in [-0.1, -0.05) is 53.0 Å². The molecular formula is C18H18Cl3N3O. The summed E-state index contributed by atoms with van der Waals surface area (Å²) in [5, 5.41) is 4.89. The Kier molecular flexibility index (Phi) is 5.94. The molecule has 0 radical (unpaired) electrons. The number of halogens is 3. The maximum atomic E-state index is 12.3. The molecule has 0 aliphatic carbocycles. The van der Waals surface area contributed by atoms with Gasteiger partial charge in [-0.2, -0.15) is 0 Å². The predicted octanol–water partition coefficient (Wildman–Crippen LogP) is 4.68. The van der Waals surface area contributed by atoms with Crippen LogP contribution in [-0.2, 0) is 6.54 Å². The molecule has 2 aromatic rings. The van der Waals surface area contributed by atoms with Crippen molar-refractivity contribution in [1.29, 1.82) is 0 Å². The van der Waals surface area contributed by atoms with Crippen molar-refractivity contribution in [2.45, 2.75) is 6.54 Å². The van der Waals surface area contributed by atoms with Crippen LogP contribution in [0.2, 0.25) is 15.1 Å². The Balaban J connectivity index is 1.53. The van der Waals surface area contributed by atoms with Gasteiger partial charge in [-0.15, -0.1) is 0 Å². The molecule has 3 rings (SSSR count). The van der Waals surface area contributed by atoms with Crippen LogP contribution in [0.4, 0.5) is 10.5 Å². The maximum absolute atomic E-state index is 12.3. The zero-order valence-electron chi connectivity index (χ0n) is 13.5. The summed E-state index contributed by atoms with van der Waals surface area (Å²) >= 11 is 18.4. The standard InChI is InChI=1S/C18H18Cl3N3O/c19-14-6-4-13(5-7-14)12-22-18(25)24-10-8-23(9-11-24)17-15(20)2-1-3-16(17)21/h1-7H,8-12H2,(H,22,25). The topological polar surface area (TPSA) is 35.6 Å². The van der Waals surface area contributed by atoms with E-state index in [0.717, 1.165) is 11.3 Å². The SMILES string of the molecule is O=C(NCc1ccc(Cl)cc1)N1CCN(c2c(Cl)cccc2Cl)CC1. The first-order valence-electron chi connectivity index (χ1n) is 8.01. The number of anilines is 1. The highest BCUT2D eigenvalue weighted by Gasteiger charge is 2.23. The zero-order chi connectivity index (χ0) is 17.8. The molecule has 4 nitrogen and oxygen atoms in total. The number of carbonyl (C=O) groups excluding carboxylic acids is 1. The molecule has 0 bridgehead atoms. The molecule has 2 aromatic carbocycles. The number of urea groups is 1. The summed E-state index contributed by atoms with van der Waals surface area (Å²) in [4.78, 5) is 16.3. The summed E-state index contributed by atoms with van der Waals surface area (Å²) in [6, 6.07) is 12.8. The van der Waals surface area contributed by atoms with Crippen LogP contribution in [0, 0.1) is 0 Å². The van der Waals surface area contributed by atoms with Gasteiger partial charge in [0.25, 0.3) is 0 Å². The molecular weight excluding hydrogens is 381 g/mol. The lowest BCUT2D eigenvalue weighted by atomic mass is 10.2. The van der Waals surface area contributed by atoms with Gasteiger partial charge in [-0.25, -0.2) is 4.79 Å². The van der Waals surface area contributed by atoms with E-state index in [-0.39, 0.29) is 6.03 Å². The van der Waals surface area contributed by atoms with Gasteiger partial charge in [0.15, 0.2) is 0 Å². The summed E-state index contributed by atoms with van der Waals surface area (Å²) in [6.45, 7) is 3.10. The van der Waals surface area contributed by atoms with E-state index in [1.165, 1.54) is 0 Å². The lowest BCUT2D eigenvalue weighted by Gasteiger charge is -2.36. The van der Waals surface area contributed by atoms with E-state index in [9.17, 15) is 4.79 Å². The highest BCUT2D eigenvalue weighted by atomic mass is 35.5. The second kappa shape index (κ2) is 8.17. The van der Waals surface area contributed by atoms with Crippen molar-refractivity contribution in [2.24, 2.45) is 0 Å². The zero-order valence-corrected chi connectivity index (χ0v) is 15.8. The Morgan fingerprint density at radius 2 is 1.52 bits per heavy atom. The van der Waals surface area contributed by atoms with E-state index < -0.39 is 0 Å². The molecule has 1 N–H and O–H groups in total. The van der Waals surface area contributed by atoms with Crippen LogP contribution >= 0.6 is 34.8 Å². The minimum Gasteiger partial charge on any atom is -0.366 e. The molecule has 1 aliphatic heterocycles. The normalized spacial score (nSPS) is 14.5. The van der Waals surface area contributed by atoms with Crippen molar-refractivity contribution < 1.29 is 4.79 Å². The van der Waals surface area contributed by atoms with E-state index >= 15 is 0 Å². The Bertz CT molecular complexity index is 723. The average Bonchev–Trinajstić information content (AvgIpc) is 2.61. The first-order chi connectivity index (χ1) is 12.0. The molecule has 1 heterocycles. The molecule has 1 fully saturated rings. The Morgan fingerprint density at radius 3 is 2.12 bits per heavy atom. The molecule has 0 aromatic heterocycles. The third kappa shape index (κ3) is 4.51. The van der Waals surface area contributed by atoms with Crippen LogP contribution < -0.4 is 10.2 Å². The molecule has 1 aliphatic rings. The van der Waals surface area contributed by atoms with Crippen molar-refractivity contribution in [1.82, 2.24) is 10.2 Å². The highest BCUT2D eigenvalue weighted by Crippen LogP contribution is 2.33. The van der Waals surface area contributed by atoms with Crippen molar-refractivity contribution in [3.05, 3.63) is 63.1 Å². The molecule has 25 heavy (non-hydrogen) atoms. The smallest absolute Gasteiger partial charge is 0.317 e. The van der Waals surface area contributed by atoms with Gasteiger partial charge in [-0.05, 0) is 29.8 Å².